The molecule has 5 aromatic carbocycles. The van der Waals surface area contributed by atoms with Gasteiger partial charge in [-0.05, 0) is 89.8 Å². The van der Waals surface area contributed by atoms with E-state index < -0.39 is 44.8 Å². The van der Waals surface area contributed by atoms with E-state index in [2.05, 4.69) is 31.9 Å². The minimum atomic E-state index is -0.912. The van der Waals surface area contributed by atoms with Gasteiger partial charge in [0.05, 0.1) is 37.3 Å². The van der Waals surface area contributed by atoms with E-state index in [1.54, 1.807) is 12.1 Å². The smallest absolute Gasteiger partial charge is 0.343 e. The molecule has 9 rings (SSSR count). The molecule has 4 aliphatic rings. The minimum absolute atomic E-state index is 0.148. The number of ether oxygens (including phenoxy) is 2. The molecule has 3 aliphatic carbocycles. The van der Waals surface area contributed by atoms with Gasteiger partial charge < -0.3 is 9.47 Å². The summed E-state index contributed by atoms with van der Waals surface area (Å²) >= 11 is 8.00. The number of nitrogens with zero attached hydrogens (tertiary/aromatic N) is 1. The number of halogens is 2. The number of ketones is 1. The van der Waals surface area contributed by atoms with Gasteiger partial charge in [0, 0.05) is 5.56 Å². The van der Waals surface area contributed by atoms with E-state index in [1.807, 2.05) is 67.6 Å². The molecule has 1 fully saturated rings. The average molecular weight is 805 g/mol. The highest BCUT2D eigenvalue weighted by Gasteiger charge is 2.72. The van der Waals surface area contributed by atoms with Gasteiger partial charge in [0.2, 0.25) is 11.8 Å². The fourth-order valence-corrected chi connectivity index (χ4v) is 9.83. The number of hydrogen-bond donors (Lipinski definition) is 0. The van der Waals surface area contributed by atoms with Crippen molar-refractivity contribution in [2.75, 3.05) is 11.5 Å². The summed E-state index contributed by atoms with van der Waals surface area (Å²) in [6.45, 7) is 1.40. The Balaban J connectivity index is 0.955. The van der Waals surface area contributed by atoms with E-state index in [-0.39, 0.29) is 28.7 Å². The van der Waals surface area contributed by atoms with E-state index >= 15 is 0 Å². The summed E-state index contributed by atoms with van der Waals surface area (Å²) in [4.78, 5) is 67.9. The Morgan fingerprint density at radius 3 is 1.53 bits per heavy atom. The maximum atomic E-state index is 14.3. The van der Waals surface area contributed by atoms with Crippen LogP contribution in [0.3, 0.4) is 0 Å². The molecule has 5 aromatic rings. The summed E-state index contributed by atoms with van der Waals surface area (Å²) in [5, 5.41) is 0. The van der Waals surface area contributed by atoms with E-state index in [1.165, 1.54) is 53.4 Å². The molecule has 2 atom stereocenters. The van der Waals surface area contributed by atoms with Gasteiger partial charge in [0.25, 0.3) is 0 Å². The molecule has 0 N–H and O–H groups in total. The lowest BCUT2D eigenvalue weighted by Gasteiger charge is -2.55. The Labute approximate surface area is 309 Å². The number of carbonyl (C=O) groups is 5. The second kappa shape index (κ2) is 12.2. The van der Waals surface area contributed by atoms with E-state index in [9.17, 15) is 24.0 Å². The van der Waals surface area contributed by atoms with Gasteiger partial charge in [-0.3, -0.25) is 14.4 Å². The normalized spacial score (nSPS) is 22.5. The summed E-state index contributed by atoms with van der Waals surface area (Å²) in [7, 11) is 0. The molecule has 0 aromatic heterocycles. The highest BCUT2D eigenvalue weighted by atomic mass is 79.9. The van der Waals surface area contributed by atoms with Crippen molar-refractivity contribution in [3.05, 3.63) is 166 Å². The summed E-state index contributed by atoms with van der Waals surface area (Å²) in [6.07, 6.45) is 0. The van der Waals surface area contributed by atoms with Crippen LogP contribution in [0.25, 0.3) is 0 Å². The van der Waals surface area contributed by atoms with Crippen molar-refractivity contribution in [2.45, 2.75) is 15.6 Å². The van der Waals surface area contributed by atoms with Crippen molar-refractivity contribution in [3.8, 4) is 5.75 Å². The zero-order chi connectivity index (χ0) is 35.7. The first-order chi connectivity index (χ1) is 24.5. The summed E-state index contributed by atoms with van der Waals surface area (Å²) in [5.41, 5.74) is 5.93. The predicted octanol–water partition coefficient (Wildman–Crippen LogP) is 7.66. The lowest BCUT2D eigenvalue weighted by molar-refractivity contribution is -0.122. The van der Waals surface area contributed by atoms with Crippen molar-refractivity contribution in [2.24, 2.45) is 11.8 Å². The molecule has 10 heteroatoms. The molecule has 1 heterocycles. The molecule has 1 aliphatic heterocycles. The molecular weight excluding hydrogens is 778 g/mol. The van der Waals surface area contributed by atoms with Crippen LogP contribution < -0.4 is 9.64 Å². The summed E-state index contributed by atoms with van der Waals surface area (Å²) < 4.78 is 8.85. The SMILES string of the molecule is Cc1ccc(C(=O)Oc2ccc(C(=O)COC(=O)c3ccc(N4C(=O)C5C(C4=O)C4(Br)c6ccccc6C5(Br)c5ccccc54)cc3)cc2)cc1. The zero-order valence-electron chi connectivity index (χ0n) is 27.0. The third kappa shape index (κ3) is 5.03. The number of imide groups is 1. The molecule has 1 saturated heterocycles. The van der Waals surface area contributed by atoms with Gasteiger partial charge >= 0.3 is 11.9 Å². The number of alkyl halides is 2. The topological polar surface area (TPSA) is 107 Å². The van der Waals surface area contributed by atoms with Crippen LogP contribution in [0.5, 0.6) is 5.75 Å². The minimum Gasteiger partial charge on any atom is -0.454 e. The molecule has 252 valence electrons. The van der Waals surface area contributed by atoms with Gasteiger partial charge in [-0.25, -0.2) is 14.5 Å². The molecule has 51 heavy (non-hydrogen) atoms. The van der Waals surface area contributed by atoms with E-state index in [4.69, 9.17) is 9.47 Å². The van der Waals surface area contributed by atoms with Crippen LogP contribution >= 0.6 is 31.9 Å². The Morgan fingerprint density at radius 2 is 1.04 bits per heavy atom. The molecule has 2 unspecified atom stereocenters. The second-order valence-electron chi connectivity index (χ2n) is 12.8. The van der Waals surface area contributed by atoms with Gasteiger partial charge in [-0.15, -0.1) is 0 Å². The van der Waals surface area contributed by atoms with Crippen LogP contribution in [0, 0.1) is 18.8 Å². The van der Waals surface area contributed by atoms with Crippen LogP contribution in [0.2, 0.25) is 0 Å². The first kappa shape index (κ1) is 33.0. The average Bonchev–Trinajstić information content (AvgIpc) is 3.43. The molecule has 0 spiro atoms. The van der Waals surface area contributed by atoms with Gasteiger partial charge in [0.1, 0.15) is 5.75 Å². The number of anilines is 1. The number of aryl methyl sites for hydroxylation is 1. The predicted molar refractivity (Wildman–Crippen MR) is 195 cm³/mol. The Bertz CT molecular complexity index is 2160. The monoisotopic (exact) mass is 803 g/mol. The quantitative estimate of drug-likeness (QED) is 0.0547. The Kier molecular flexibility index (Phi) is 7.92. The first-order valence-corrected chi connectivity index (χ1v) is 17.8. The number of amides is 2. The van der Waals surface area contributed by atoms with Crippen molar-refractivity contribution >= 4 is 67.1 Å². The van der Waals surface area contributed by atoms with Gasteiger partial charge in [-0.1, -0.05) is 98.1 Å². The van der Waals surface area contributed by atoms with Gasteiger partial charge in [-0.2, -0.15) is 0 Å². The van der Waals surface area contributed by atoms with Crippen LogP contribution in [0.1, 0.15) is 58.9 Å². The van der Waals surface area contributed by atoms with Crippen molar-refractivity contribution in [3.63, 3.8) is 0 Å². The Morgan fingerprint density at radius 1 is 0.608 bits per heavy atom. The molecular formula is C41H27Br2NO7. The van der Waals surface area contributed by atoms with Crippen molar-refractivity contribution in [1.82, 2.24) is 0 Å². The molecule has 8 nitrogen and oxygen atoms in total. The third-order valence-corrected chi connectivity index (χ3v) is 12.7. The molecule has 0 radical (unpaired) electrons. The fraction of sp³-hybridized carbons (Fsp3) is 0.146. The highest BCUT2D eigenvalue weighted by Crippen LogP contribution is 2.70. The number of benzene rings is 5. The van der Waals surface area contributed by atoms with Crippen molar-refractivity contribution < 1.29 is 33.4 Å². The number of esters is 2. The van der Waals surface area contributed by atoms with Crippen molar-refractivity contribution in [1.29, 1.82) is 0 Å². The van der Waals surface area contributed by atoms with Crippen LogP contribution in [-0.4, -0.2) is 36.1 Å². The molecule has 2 amide bonds. The van der Waals surface area contributed by atoms with Crippen LogP contribution in [0.4, 0.5) is 5.69 Å². The largest absolute Gasteiger partial charge is 0.454 e. The first-order valence-electron chi connectivity index (χ1n) is 16.2. The maximum absolute atomic E-state index is 14.3. The standard InChI is InChI=1S/C41H27Br2NO7/c1-23-10-12-26(13-11-23)39(49)51-28-20-16-24(17-21-28)33(45)22-50-38(48)25-14-18-27(19-15-25)44-36(46)34-35(37(44)47)41(43)30-7-3-2-6-29(30)40(34,42)31-8-4-5-9-32(31)41/h2-21,34-35H,22H2,1H3. The van der Waals surface area contributed by atoms with Gasteiger partial charge in [0.15, 0.2) is 12.4 Å². The third-order valence-electron chi connectivity index (χ3n) is 9.96. The Hall–Kier alpha value is -5.19. The number of carbonyl (C=O) groups excluding carboxylic acids is 5. The number of hydrogen-bond acceptors (Lipinski definition) is 7. The van der Waals surface area contributed by atoms with Crippen LogP contribution in [-0.2, 0) is 23.0 Å². The summed E-state index contributed by atoms with van der Waals surface area (Å²) in [6, 6.07) is 34.7. The lowest BCUT2D eigenvalue weighted by atomic mass is 9.54. The number of rotatable bonds is 7. The summed E-state index contributed by atoms with van der Waals surface area (Å²) in [5.74, 6) is -3.57. The lowest BCUT2D eigenvalue weighted by Crippen LogP contribution is -2.56. The van der Waals surface area contributed by atoms with Crippen LogP contribution in [0.15, 0.2) is 121 Å². The zero-order valence-corrected chi connectivity index (χ0v) is 30.1. The molecule has 2 bridgehead atoms. The number of Topliss-reactive ketones (excluding diaryl/α,β-unsaturated/α-hetero) is 1. The highest BCUT2D eigenvalue weighted by molar-refractivity contribution is 9.10. The van der Waals surface area contributed by atoms with E-state index in [0.717, 1.165) is 27.8 Å². The fourth-order valence-electron chi connectivity index (χ4n) is 7.53. The second-order valence-corrected chi connectivity index (χ2v) is 15.3. The van der Waals surface area contributed by atoms with E-state index in [0.29, 0.717) is 11.3 Å². The maximum Gasteiger partial charge on any atom is 0.343 e. The molecule has 0 saturated carbocycles.